The molecule has 1 aromatic heterocycles. The smallest absolute Gasteiger partial charge is 0.106 e. The van der Waals surface area contributed by atoms with Crippen LogP contribution >= 0.6 is 15.9 Å². The fourth-order valence-corrected chi connectivity index (χ4v) is 3.08. The van der Waals surface area contributed by atoms with Gasteiger partial charge in [0, 0.05) is 5.69 Å². The second-order valence-corrected chi connectivity index (χ2v) is 5.51. The number of aryl methyl sites for hydroxylation is 2. The lowest BCUT2D eigenvalue weighted by atomic mass is 9.91. The van der Waals surface area contributed by atoms with E-state index in [-0.39, 0.29) is 0 Å². The van der Waals surface area contributed by atoms with Gasteiger partial charge in [-0.05, 0) is 65.2 Å². The highest BCUT2D eigenvalue weighted by molar-refractivity contribution is 9.10. The van der Waals surface area contributed by atoms with E-state index in [0.717, 1.165) is 11.0 Å². The maximum atomic E-state index is 4.67. The molecule has 0 N–H and O–H groups in total. The summed E-state index contributed by atoms with van der Waals surface area (Å²) in [6, 6.07) is 2.24. The van der Waals surface area contributed by atoms with E-state index < -0.39 is 0 Å². The third-order valence-electron chi connectivity index (χ3n) is 3.38. The molecule has 88 valence electrons. The van der Waals surface area contributed by atoms with E-state index in [4.69, 9.17) is 0 Å². The minimum Gasteiger partial charge on any atom is -0.246 e. The van der Waals surface area contributed by atoms with Crippen LogP contribution in [-0.4, -0.2) is 4.98 Å². The lowest BCUT2D eigenvalue weighted by Crippen LogP contribution is -2.06. The fourth-order valence-electron chi connectivity index (χ4n) is 2.59. The Balaban J connectivity index is 2.36. The van der Waals surface area contributed by atoms with Crippen LogP contribution in [0.15, 0.2) is 10.7 Å². The van der Waals surface area contributed by atoms with Crippen LogP contribution in [-0.2, 0) is 19.3 Å². The van der Waals surface area contributed by atoms with Crippen LogP contribution in [0.1, 0.15) is 55.8 Å². The first-order chi connectivity index (χ1) is 7.81. The topological polar surface area (TPSA) is 12.9 Å². The third kappa shape index (κ3) is 2.85. The van der Waals surface area contributed by atoms with Gasteiger partial charge in [-0.15, -0.1) is 0 Å². The van der Waals surface area contributed by atoms with E-state index in [2.05, 4.69) is 33.9 Å². The highest BCUT2D eigenvalue weighted by Crippen LogP contribution is 2.25. The van der Waals surface area contributed by atoms with Gasteiger partial charge in [-0.1, -0.05) is 26.2 Å². The molecule has 0 unspecified atom stereocenters. The number of pyridine rings is 1. The minimum atomic E-state index is 1.02. The van der Waals surface area contributed by atoms with E-state index >= 15 is 0 Å². The summed E-state index contributed by atoms with van der Waals surface area (Å²) in [7, 11) is 0. The Morgan fingerprint density at radius 2 is 1.94 bits per heavy atom. The number of rotatable bonds is 2. The molecule has 16 heavy (non-hydrogen) atoms. The van der Waals surface area contributed by atoms with Crippen molar-refractivity contribution in [3.05, 3.63) is 27.5 Å². The van der Waals surface area contributed by atoms with Gasteiger partial charge in [-0.3, -0.25) is 0 Å². The molecule has 1 aliphatic carbocycles. The average Bonchev–Trinajstić information content (AvgIpc) is 2.21. The van der Waals surface area contributed by atoms with E-state index in [1.165, 1.54) is 50.6 Å². The first-order valence-electron chi connectivity index (χ1n) is 6.48. The van der Waals surface area contributed by atoms with Crippen LogP contribution in [0.25, 0.3) is 0 Å². The Labute approximate surface area is 107 Å². The predicted octanol–water partition coefficient (Wildman–Crippen LogP) is 4.46. The number of halogens is 1. The Kier molecular flexibility index (Phi) is 4.39. The van der Waals surface area contributed by atoms with Crippen molar-refractivity contribution in [2.45, 2.75) is 58.3 Å². The van der Waals surface area contributed by atoms with Gasteiger partial charge in [0.2, 0.25) is 0 Å². The summed E-state index contributed by atoms with van der Waals surface area (Å²) in [5, 5.41) is 0. The molecule has 2 rings (SSSR count). The number of hydrogen-bond acceptors (Lipinski definition) is 1. The van der Waals surface area contributed by atoms with Gasteiger partial charge in [0.05, 0.1) is 0 Å². The van der Waals surface area contributed by atoms with Crippen molar-refractivity contribution in [1.82, 2.24) is 4.98 Å². The molecule has 0 atom stereocenters. The van der Waals surface area contributed by atoms with Crippen LogP contribution in [0.3, 0.4) is 0 Å². The van der Waals surface area contributed by atoms with Crippen molar-refractivity contribution >= 4 is 15.9 Å². The Bertz CT molecular complexity index is 343. The SMILES string of the molecule is CCCc1nc(Br)cc2c1CCCCCC2. The van der Waals surface area contributed by atoms with Crippen molar-refractivity contribution in [1.29, 1.82) is 0 Å². The van der Waals surface area contributed by atoms with Crippen molar-refractivity contribution in [3.8, 4) is 0 Å². The quantitative estimate of drug-likeness (QED) is 0.730. The molecule has 0 fully saturated rings. The molecule has 0 aromatic carbocycles. The molecule has 1 aliphatic rings. The van der Waals surface area contributed by atoms with Crippen molar-refractivity contribution in [3.63, 3.8) is 0 Å². The molecule has 0 spiro atoms. The minimum absolute atomic E-state index is 1.02. The maximum Gasteiger partial charge on any atom is 0.106 e. The molecule has 0 amide bonds. The van der Waals surface area contributed by atoms with Crippen LogP contribution in [0.2, 0.25) is 0 Å². The zero-order valence-corrected chi connectivity index (χ0v) is 11.6. The number of hydrogen-bond donors (Lipinski definition) is 0. The summed E-state index contributed by atoms with van der Waals surface area (Å²) >= 11 is 3.55. The second kappa shape index (κ2) is 5.81. The van der Waals surface area contributed by atoms with Crippen molar-refractivity contribution in [2.75, 3.05) is 0 Å². The number of aromatic nitrogens is 1. The molecule has 0 saturated heterocycles. The lowest BCUT2D eigenvalue weighted by molar-refractivity contribution is 0.610. The van der Waals surface area contributed by atoms with E-state index in [9.17, 15) is 0 Å². The van der Waals surface area contributed by atoms with Gasteiger partial charge in [0.25, 0.3) is 0 Å². The predicted molar refractivity (Wildman–Crippen MR) is 71.8 cm³/mol. The van der Waals surface area contributed by atoms with Gasteiger partial charge in [0.1, 0.15) is 4.60 Å². The van der Waals surface area contributed by atoms with Gasteiger partial charge < -0.3 is 0 Å². The van der Waals surface area contributed by atoms with Crippen LogP contribution in [0.4, 0.5) is 0 Å². The molecule has 1 aromatic rings. The molecule has 0 radical (unpaired) electrons. The Morgan fingerprint density at radius 1 is 1.19 bits per heavy atom. The molecule has 0 saturated carbocycles. The van der Waals surface area contributed by atoms with Crippen LogP contribution in [0.5, 0.6) is 0 Å². The number of nitrogens with zero attached hydrogens (tertiary/aromatic N) is 1. The molecule has 0 aliphatic heterocycles. The van der Waals surface area contributed by atoms with E-state index in [0.29, 0.717) is 0 Å². The van der Waals surface area contributed by atoms with Crippen LogP contribution in [0, 0.1) is 0 Å². The van der Waals surface area contributed by atoms with Crippen molar-refractivity contribution < 1.29 is 0 Å². The molecular formula is C14H20BrN. The molecule has 1 nitrogen and oxygen atoms in total. The zero-order valence-electron chi connectivity index (χ0n) is 10.1. The summed E-state index contributed by atoms with van der Waals surface area (Å²) in [6.45, 7) is 2.23. The summed E-state index contributed by atoms with van der Waals surface area (Å²) < 4.78 is 1.02. The lowest BCUT2D eigenvalue weighted by Gasteiger charge is -2.17. The second-order valence-electron chi connectivity index (χ2n) is 4.69. The first-order valence-corrected chi connectivity index (χ1v) is 7.27. The summed E-state index contributed by atoms with van der Waals surface area (Å²) in [4.78, 5) is 4.67. The number of fused-ring (bicyclic) bond motifs is 1. The van der Waals surface area contributed by atoms with Crippen LogP contribution < -0.4 is 0 Å². The largest absolute Gasteiger partial charge is 0.246 e. The first kappa shape index (κ1) is 12.1. The highest BCUT2D eigenvalue weighted by Gasteiger charge is 2.13. The van der Waals surface area contributed by atoms with Gasteiger partial charge >= 0.3 is 0 Å². The zero-order chi connectivity index (χ0) is 11.4. The Hall–Kier alpha value is -0.370. The molecule has 1 heterocycles. The standard InChI is InChI=1S/C14H20BrN/c1-2-7-13-12-9-6-4-3-5-8-11(12)10-14(15)16-13/h10H,2-9H2,1H3. The summed E-state index contributed by atoms with van der Waals surface area (Å²) in [5.41, 5.74) is 4.45. The average molecular weight is 282 g/mol. The highest BCUT2D eigenvalue weighted by atomic mass is 79.9. The molecule has 0 bridgehead atoms. The fraction of sp³-hybridized carbons (Fsp3) is 0.643. The third-order valence-corrected chi connectivity index (χ3v) is 3.79. The Morgan fingerprint density at radius 3 is 2.69 bits per heavy atom. The van der Waals surface area contributed by atoms with Gasteiger partial charge in [0.15, 0.2) is 0 Å². The van der Waals surface area contributed by atoms with E-state index in [1.807, 2.05) is 0 Å². The van der Waals surface area contributed by atoms with Gasteiger partial charge in [-0.25, -0.2) is 4.98 Å². The summed E-state index contributed by atoms with van der Waals surface area (Å²) in [5.74, 6) is 0. The van der Waals surface area contributed by atoms with Crippen molar-refractivity contribution in [2.24, 2.45) is 0 Å². The maximum absolute atomic E-state index is 4.67. The molecule has 2 heteroatoms. The van der Waals surface area contributed by atoms with E-state index in [1.54, 1.807) is 11.1 Å². The summed E-state index contributed by atoms with van der Waals surface area (Å²) in [6.07, 6.45) is 10.3. The monoisotopic (exact) mass is 281 g/mol. The normalized spacial score (nSPS) is 16.4. The molecular weight excluding hydrogens is 262 g/mol. The van der Waals surface area contributed by atoms with Gasteiger partial charge in [-0.2, -0.15) is 0 Å².